The van der Waals surface area contributed by atoms with Crippen LogP contribution < -0.4 is 16.2 Å². The van der Waals surface area contributed by atoms with Crippen LogP contribution in [-0.2, 0) is 6.54 Å². The Labute approximate surface area is 220 Å². The molecule has 188 valence electrons. The van der Waals surface area contributed by atoms with Gasteiger partial charge in [0.25, 0.3) is 5.91 Å². The van der Waals surface area contributed by atoms with Crippen molar-refractivity contribution in [2.45, 2.75) is 19.0 Å². The summed E-state index contributed by atoms with van der Waals surface area (Å²) in [4.78, 5) is 31.8. The molecule has 1 unspecified atom stereocenters. The van der Waals surface area contributed by atoms with Crippen LogP contribution in [0.2, 0.25) is 0 Å². The number of aromatic nitrogens is 3. The molecule has 2 aliphatic heterocycles. The Morgan fingerprint density at radius 1 is 1.16 bits per heavy atom. The molecule has 2 radical (unpaired) electrons. The van der Waals surface area contributed by atoms with E-state index in [1.165, 1.54) is 6.07 Å². The Kier molecular flexibility index (Phi) is 6.25. The van der Waals surface area contributed by atoms with E-state index < -0.39 is 0 Å². The SMILES string of the molecule is [B]c1cc2c([nH]1)C(c1ccccc1F)=NCc1cnc(Nc3ccc(C(=O)N4CCC(NC)C4)cc3)nc1-2. The van der Waals surface area contributed by atoms with Gasteiger partial charge in [0.2, 0.25) is 5.95 Å². The number of nitrogens with zero attached hydrogens (tertiary/aromatic N) is 4. The molecule has 4 aromatic rings. The third-order valence-corrected chi connectivity index (χ3v) is 7.00. The number of nitrogens with one attached hydrogen (secondary N) is 3. The molecule has 8 nitrogen and oxygen atoms in total. The maximum absolute atomic E-state index is 14.7. The van der Waals surface area contributed by atoms with Crippen molar-refractivity contribution in [2.75, 3.05) is 25.5 Å². The summed E-state index contributed by atoms with van der Waals surface area (Å²) < 4.78 is 14.7. The number of rotatable bonds is 5. The quantitative estimate of drug-likeness (QED) is 0.363. The third kappa shape index (κ3) is 4.47. The van der Waals surface area contributed by atoms with Crippen molar-refractivity contribution in [1.29, 1.82) is 0 Å². The minimum Gasteiger partial charge on any atom is -0.366 e. The van der Waals surface area contributed by atoms with E-state index in [1.807, 2.05) is 24.1 Å². The molecule has 2 aromatic carbocycles. The molecule has 1 amide bonds. The lowest BCUT2D eigenvalue weighted by molar-refractivity contribution is 0.0789. The molecular formula is C28H25BFN7O. The zero-order valence-corrected chi connectivity index (χ0v) is 20.8. The molecule has 38 heavy (non-hydrogen) atoms. The normalized spacial score (nSPS) is 16.4. The molecule has 2 aliphatic rings. The average Bonchev–Trinajstić information content (AvgIpc) is 3.54. The number of benzene rings is 2. The van der Waals surface area contributed by atoms with Gasteiger partial charge in [-0.05, 0) is 61.5 Å². The van der Waals surface area contributed by atoms with Gasteiger partial charge in [0, 0.05) is 53.3 Å². The topological polar surface area (TPSA) is 98.3 Å². The number of anilines is 2. The lowest BCUT2D eigenvalue weighted by Crippen LogP contribution is -2.33. The van der Waals surface area contributed by atoms with Gasteiger partial charge in [0.15, 0.2) is 0 Å². The van der Waals surface area contributed by atoms with Crippen LogP contribution in [0.15, 0.2) is 65.8 Å². The van der Waals surface area contributed by atoms with Gasteiger partial charge in [0.1, 0.15) is 13.7 Å². The maximum Gasteiger partial charge on any atom is 0.253 e. The Bertz CT molecular complexity index is 1550. The minimum atomic E-state index is -0.363. The first kappa shape index (κ1) is 24.1. The molecule has 6 rings (SSSR count). The monoisotopic (exact) mass is 505 g/mol. The molecule has 4 heterocycles. The fourth-order valence-corrected chi connectivity index (χ4v) is 4.97. The van der Waals surface area contributed by atoms with Gasteiger partial charge < -0.3 is 20.5 Å². The molecule has 0 spiro atoms. The van der Waals surface area contributed by atoms with E-state index in [0.29, 0.717) is 58.9 Å². The Hall–Kier alpha value is -4.31. The van der Waals surface area contributed by atoms with Crippen LogP contribution in [0.5, 0.6) is 0 Å². The van der Waals surface area contributed by atoms with Crippen molar-refractivity contribution < 1.29 is 9.18 Å². The van der Waals surface area contributed by atoms with Crippen molar-refractivity contribution in [3.63, 3.8) is 0 Å². The van der Waals surface area contributed by atoms with Crippen molar-refractivity contribution in [3.05, 3.63) is 89.0 Å². The lowest BCUT2D eigenvalue weighted by atomic mass is 10.0. The summed E-state index contributed by atoms with van der Waals surface area (Å²) in [6, 6.07) is 15.9. The second-order valence-electron chi connectivity index (χ2n) is 9.45. The largest absolute Gasteiger partial charge is 0.366 e. The number of hydrogen-bond donors (Lipinski definition) is 3. The van der Waals surface area contributed by atoms with E-state index in [4.69, 9.17) is 12.8 Å². The van der Waals surface area contributed by atoms with Gasteiger partial charge in [-0.15, -0.1) is 0 Å². The van der Waals surface area contributed by atoms with Crippen molar-refractivity contribution >= 4 is 36.7 Å². The fraction of sp³-hybridized carbons (Fsp3) is 0.214. The molecule has 3 N–H and O–H groups in total. The maximum atomic E-state index is 14.7. The minimum absolute atomic E-state index is 0.0267. The Balaban J connectivity index is 1.26. The second-order valence-corrected chi connectivity index (χ2v) is 9.45. The summed E-state index contributed by atoms with van der Waals surface area (Å²) in [5.74, 6) is 0.0522. The number of likely N-dealkylation sites (tertiary alicyclic amines) is 1. The summed E-state index contributed by atoms with van der Waals surface area (Å²) >= 11 is 0. The molecule has 1 saturated heterocycles. The highest BCUT2D eigenvalue weighted by Crippen LogP contribution is 2.31. The second kappa shape index (κ2) is 9.87. The van der Waals surface area contributed by atoms with Gasteiger partial charge >= 0.3 is 0 Å². The molecule has 0 bridgehead atoms. The van der Waals surface area contributed by atoms with E-state index in [2.05, 4.69) is 25.6 Å². The molecule has 1 fully saturated rings. The predicted molar refractivity (Wildman–Crippen MR) is 146 cm³/mol. The van der Waals surface area contributed by atoms with Crippen LogP contribution in [0.1, 0.15) is 33.6 Å². The number of hydrogen-bond acceptors (Lipinski definition) is 6. The van der Waals surface area contributed by atoms with E-state index in [-0.39, 0.29) is 11.7 Å². The Morgan fingerprint density at radius 3 is 2.74 bits per heavy atom. The molecule has 0 aliphatic carbocycles. The van der Waals surface area contributed by atoms with E-state index in [0.717, 1.165) is 29.8 Å². The molecule has 1 atom stereocenters. The molecular weight excluding hydrogens is 480 g/mol. The van der Waals surface area contributed by atoms with E-state index in [9.17, 15) is 9.18 Å². The number of carbonyl (C=O) groups excluding carboxylic acids is 1. The lowest BCUT2D eigenvalue weighted by Gasteiger charge is -2.16. The van der Waals surface area contributed by atoms with Gasteiger partial charge in [-0.1, -0.05) is 12.1 Å². The molecule has 2 aromatic heterocycles. The fourth-order valence-electron chi connectivity index (χ4n) is 4.97. The van der Waals surface area contributed by atoms with Crippen molar-refractivity contribution in [3.8, 4) is 11.3 Å². The van der Waals surface area contributed by atoms with Crippen LogP contribution in [0.3, 0.4) is 0 Å². The smallest absolute Gasteiger partial charge is 0.253 e. The first-order valence-electron chi connectivity index (χ1n) is 12.5. The highest BCUT2D eigenvalue weighted by atomic mass is 19.1. The van der Waals surface area contributed by atoms with Crippen LogP contribution in [0, 0.1) is 5.82 Å². The molecule has 10 heteroatoms. The van der Waals surface area contributed by atoms with Crippen molar-refractivity contribution in [1.82, 2.24) is 25.2 Å². The zero-order valence-electron chi connectivity index (χ0n) is 20.8. The third-order valence-electron chi connectivity index (χ3n) is 7.00. The van der Waals surface area contributed by atoms with Gasteiger partial charge in [-0.25, -0.2) is 14.4 Å². The molecule has 0 saturated carbocycles. The van der Waals surface area contributed by atoms with Crippen LogP contribution >= 0.6 is 0 Å². The number of H-pyrrole nitrogens is 1. The number of halogens is 1. The van der Waals surface area contributed by atoms with E-state index >= 15 is 0 Å². The van der Waals surface area contributed by atoms with Crippen LogP contribution in [0.25, 0.3) is 11.3 Å². The predicted octanol–water partition coefficient (Wildman–Crippen LogP) is 2.93. The van der Waals surface area contributed by atoms with Crippen molar-refractivity contribution in [2.24, 2.45) is 4.99 Å². The summed E-state index contributed by atoms with van der Waals surface area (Å²) in [7, 11) is 8.03. The Morgan fingerprint density at radius 2 is 1.97 bits per heavy atom. The first-order chi connectivity index (χ1) is 18.5. The zero-order chi connectivity index (χ0) is 26.2. The highest BCUT2D eigenvalue weighted by molar-refractivity contribution is 6.32. The van der Waals surface area contributed by atoms with E-state index in [1.54, 1.807) is 42.6 Å². The number of amides is 1. The number of aromatic amines is 1. The number of carbonyl (C=O) groups is 1. The first-order valence-corrected chi connectivity index (χ1v) is 12.5. The standard InChI is InChI=1S/C28H25BFN7O/c1-31-19-10-11-37(15-19)27(38)16-6-8-18(9-7-16)34-28-33-14-17-13-32-25(20-4-2-3-5-22(20)30)26-21(24(17)36-28)12-23(29)35-26/h2-9,12,14,19,31,35H,10-11,13,15H2,1H3,(H,33,34,36). The van der Waals surface area contributed by atoms with Gasteiger partial charge in [-0.3, -0.25) is 9.79 Å². The summed E-state index contributed by atoms with van der Waals surface area (Å²) in [5, 5.41) is 6.45. The number of likely N-dealkylation sites (N-methyl/N-ethyl adjacent to an activating group) is 1. The van der Waals surface area contributed by atoms with Gasteiger partial charge in [0.05, 0.1) is 23.6 Å². The summed E-state index contributed by atoms with van der Waals surface area (Å²) in [5.41, 5.74) is 5.51. The van der Waals surface area contributed by atoms with Crippen LogP contribution in [0.4, 0.5) is 16.0 Å². The van der Waals surface area contributed by atoms with Gasteiger partial charge in [-0.2, -0.15) is 0 Å². The number of aliphatic imine (C=N–C) groups is 1. The summed E-state index contributed by atoms with van der Waals surface area (Å²) in [6.45, 7) is 1.76. The van der Waals surface area contributed by atoms with Crippen LogP contribution in [-0.4, -0.2) is 65.5 Å². The highest BCUT2D eigenvalue weighted by Gasteiger charge is 2.26. The number of fused-ring (bicyclic) bond motifs is 3. The average molecular weight is 505 g/mol. The summed E-state index contributed by atoms with van der Waals surface area (Å²) in [6.07, 6.45) is 2.67.